The number of nitrogens with zero attached hydrogens (tertiary/aromatic N) is 1. The van der Waals surface area contributed by atoms with Crippen molar-refractivity contribution in [3.05, 3.63) is 59.4 Å². The summed E-state index contributed by atoms with van der Waals surface area (Å²) in [5.41, 5.74) is -10.4. The Hall–Kier alpha value is -2.97. The van der Waals surface area contributed by atoms with Crippen molar-refractivity contribution in [1.29, 1.82) is 0 Å². The van der Waals surface area contributed by atoms with Crippen molar-refractivity contribution < 1.29 is 57.5 Å². The monoisotopic (exact) mass is 643 g/mol. The second kappa shape index (κ2) is 10.3. The van der Waals surface area contributed by atoms with E-state index < -0.39 is 84.4 Å². The van der Waals surface area contributed by atoms with Crippen molar-refractivity contribution in [2.45, 2.75) is 84.3 Å². The predicted octanol–water partition coefficient (Wildman–Crippen LogP) is 6.84. The lowest BCUT2D eigenvalue weighted by molar-refractivity contribution is -0.348. The van der Waals surface area contributed by atoms with E-state index in [0.29, 0.717) is 25.3 Å². The van der Waals surface area contributed by atoms with Crippen molar-refractivity contribution in [2.24, 2.45) is 0 Å². The van der Waals surface area contributed by atoms with Crippen molar-refractivity contribution in [2.75, 3.05) is 13.2 Å². The zero-order valence-electron chi connectivity index (χ0n) is 22.4. The van der Waals surface area contributed by atoms with Gasteiger partial charge in [-0.05, 0) is 68.9 Å². The Bertz CT molecular complexity index is 1490. The molecule has 0 N–H and O–H groups in total. The number of piperidine rings is 1. The molecule has 1 amide bonds. The molecule has 1 saturated heterocycles. The molecule has 5 nitrogen and oxygen atoms in total. The van der Waals surface area contributed by atoms with Gasteiger partial charge in [0.05, 0.1) is 10.9 Å². The quantitative estimate of drug-likeness (QED) is 0.271. The SMILES string of the molecule is O=C(N1CCCC2(S(=O)(=O)c3ccc(F)cc3)c3ccc(C(F)(C(F)(F)F)C(F)(F)F)cc3OCC12)C1(F)CCCCC1. The van der Waals surface area contributed by atoms with E-state index in [-0.39, 0.29) is 44.4 Å². The maximum absolute atomic E-state index is 15.9. The lowest BCUT2D eigenvalue weighted by Gasteiger charge is -2.53. The first kappa shape index (κ1) is 31.5. The van der Waals surface area contributed by atoms with Crippen molar-refractivity contribution in [3.63, 3.8) is 0 Å². The highest BCUT2D eigenvalue weighted by Gasteiger charge is 2.74. The summed E-state index contributed by atoms with van der Waals surface area (Å²) < 4.78 is 158. The summed E-state index contributed by atoms with van der Waals surface area (Å²) in [7, 11) is -4.74. The molecule has 2 aliphatic heterocycles. The number of hydrogen-bond donors (Lipinski definition) is 0. The normalized spacial score (nSPS) is 24.5. The van der Waals surface area contributed by atoms with Crippen LogP contribution in [-0.4, -0.2) is 56.4 Å². The summed E-state index contributed by atoms with van der Waals surface area (Å²) in [5.74, 6) is -2.55. The molecular weight excluding hydrogens is 617 g/mol. The molecule has 5 rings (SSSR count). The average molecular weight is 644 g/mol. The average Bonchev–Trinajstić information content (AvgIpc) is 2.94. The summed E-state index contributed by atoms with van der Waals surface area (Å²) in [6, 6.07) is 3.04. The molecule has 2 heterocycles. The fraction of sp³-hybridized carbons (Fsp3) is 0.536. The van der Waals surface area contributed by atoms with Crippen LogP contribution < -0.4 is 4.74 Å². The van der Waals surface area contributed by atoms with E-state index >= 15 is 4.39 Å². The molecule has 1 saturated carbocycles. The summed E-state index contributed by atoms with van der Waals surface area (Å²) in [6.45, 7) is -0.849. The summed E-state index contributed by atoms with van der Waals surface area (Å²) in [5, 5.41) is 0. The van der Waals surface area contributed by atoms with E-state index in [9.17, 15) is 48.3 Å². The van der Waals surface area contributed by atoms with E-state index in [4.69, 9.17) is 4.74 Å². The topological polar surface area (TPSA) is 63.7 Å². The molecule has 2 atom stereocenters. The fourth-order valence-electron chi connectivity index (χ4n) is 6.60. The van der Waals surface area contributed by atoms with Gasteiger partial charge in [-0.15, -0.1) is 0 Å². The third-order valence-corrected chi connectivity index (χ3v) is 11.3. The number of carbonyl (C=O) groups excluding carboxylic acids is 1. The molecular formula is C28H26F9NO4S. The van der Waals surface area contributed by atoms with Crippen LogP contribution >= 0.6 is 0 Å². The van der Waals surface area contributed by atoms with Gasteiger partial charge in [0.2, 0.25) is 0 Å². The van der Waals surface area contributed by atoms with E-state index in [2.05, 4.69) is 0 Å². The smallest absolute Gasteiger partial charge is 0.435 e. The van der Waals surface area contributed by atoms with Crippen LogP contribution in [0.5, 0.6) is 5.75 Å². The van der Waals surface area contributed by atoms with Crippen LogP contribution in [-0.2, 0) is 25.0 Å². The minimum absolute atomic E-state index is 0.0436. The van der Waals surface area contributed by atoms with E-state index in [1.165, 1.54) is 0 Å². The Morgan fingerprint density at radius 3 is 2.05 bits per heavy atom. The number of amides is 1. The number of hydrogen-bond acceptors (Lipinski definition) is 4. The summed E-state index contributed by atoms with van der Waals surface area (Å²) in [4.78, 5) is 14.2. The summed E-state index contributed by atoms with van der Waals surface area (Å²) >= 11 is 0. The van der Waals surface area contributed by atoms with Crippen LogP contribution in [0.4, 0.5) is 39.5 Å². The van der Waals surface area contributed by atoms with E-state index in [0.717, 1.165) is 29.2 Å². The van der Waals surface area contributed by atoms with Crippen LogP contribution in [0, 0.1) is 5.82 Å². The van der Waals surface area contributed by atoms with Crippen LogP contribution in [0.2, 0.25) is 0 Å². The fourth-order valence-corrected chi connectivity index (χ4v) is 8.94. The number of benzene rings is 2. The maximum atomic E-state index is 15.9. The number of ether oxygens (including phenoxy) is 1. The Labute approximate surface area is 240 Å². The minimum atomic E-state index is -6.43. The summed E-state index contributed by atoms with van der Waals surface area (Å²) in [6.07, 6.45) is -11.9. The Kier molecular flexibility index (Phi) is 7.53. The first-order valence-corrected chi connectivity index (χ1v) is 15.0. The molecule has 2 fully saturated rings. The molecule has 236 valence electrons. The number of likely N-dealkylation sites (tertiary alicyclic amines) is 1. The van der Waals surface area contributed by atoms with Gasteiger partial charge in [0, 0.05) is 17.7 Å². The van der Waals surface area contributed by atoms with Gasteiger partial charge >= 0.3 is 18.0 Å². The molecule has 0 aromatic heterocycles. The van der Waals surface area contributed by atoms with Crippen LogP contribution in [0.25, 0.3) is 0 Å². The number of halogens is 9. The molecule has 2 aromatic rings. The maximum Gasteiger partial charge on any atom is 0.435 e. The number of rotatable bonds is 4. The van der Waals surface area contributed by atoms with Crippen molar-refractivity contribution in [3.8, 4) is 5.75 Å². The van der Waals surface area contributed by atoms with Crippen molar-refractivity contribution >= 4 is 15.7 Å². The van der Waals surface area contributed by atoms with Crippen LogP contribution in [0.15, 0.2) is 47.4 Å². The van der Waals surface area contributed by atoms with Gasteiger partial charge in [-0.1, -0.05) is 18.6 Å². The highest BCUT2D eigenvalue weighted by Crippen LogP contribution is 2.57. The zero-order chi connectivity index (χ0) is 31.6. The first-order valence-electron chi connectivity index (χ1n) is 13.5. The van der Waals surface area contributed by atoms with Gasteiger partial charge in [-0.25, -0.2) is 21.6 Å². The Morgan fingerprint density at radius 2 is 1.47 bits per heavy atom. The van der Waals surface area contributed by atoms with Crippen LogP contribution in [0.1, 0.15) is 56.1 Å². The van der Waals surface area contributed by atoms with Gasteiger partial charge in [-0.2, -0.15) is 26.3 Å². The minimum Gasteiger partial charge on any atom is -0.491 e. The molecule has 3 aliphatic rings. The van der Waals surface area contributed by atoms with Gasteiger partial charge in [0.1, 0.15) is 22.9 Å². The molecule has 0 radical (unpaired) electrons. The lowest BCUT2D eigenvalue weighted by Crippen LogP contribution is -2.66. The highest BCUT2D eigenvalue weighted by molar-refractivity contribution is 7.92. The van der Waals surface area contributed by atoms with E-state index in [1.54, 1.807) is 0 Å². The molecule has 1 aliphatic carbocycles. The molecule has 2 unspecified atom stereocenters. The number of alkyl halides is 8. The molecule has 0 spiro atoms. The van der Waals surface area contributed by atoms with Gasteiger partial charge in [0.15, 0.2) is 15.5 Å². The third-order valence-electron chi connectivity index (χ3n) is 8.77. The highest BCUT2D eigenvalue weighted by atomic mass is 32.2. The second-order valence-corrected chi connectivity index (χ2v) is 13.4. The zero-order valence-corrected chi connectivity index (χ0v) is 23.2. The Balaban J connectivity index is 1.71. The largest absolute Gasteiger partial charge is 0.491 e. The lowest BCUT2D eigenvalue weighted by atomic mass is 9.77. The molecule has 0 bridgehead atoms. The molecule has 15 heteroatoms. The third kappa shape index (κ3) is 4.67. The van der Waals surface area contributed by atoms with Gasteiger partial charge in [0.25, 0.3) is 5.91 Å². The van der Waals surface area contributed by atoms with Gasteiger partial charge in [-0.3, -0.25) is 4.79 Å². The number of fused-ring (bicyclic) bond motifs is 3. The number of sulfone groups is 1. The van der Waals surface area contributed by atoms with Crippen LogP contribution in [0.3, 0.4) is 0 Å². The second-order valence-electron chi connectivity index (χ2n) is 11.2. The molecule has 43 heavy (non-hydrogen) atoms. The molecule has 2 aromatic carbocycles. The number of carbonyl (C=O) groups is 1. The van der Waals surface area contributed by atoms with E-state index in [1.807, 2.05) is 0 Å². The standard InChI is InChI=1S/C28H26F9NO4S/c29-18-6-8-19(9-7-18)43(40,41)25-13-4-14-38(23(39)24(30)11-2-1-3-12-24)22(25)16-42-21-15-17(5-10-20(21)25)26(31,27(32,33)34)28(35,36)37/h5-10,15,22H,1-4,11-14,16H2. The predicted molar refractivity (Wildman–Crippen MR) is 134 cm³/mol. The van der Waals surface area contributed by atoms with Crippen molar-refractivity contribution in [1.82, 2.24) is 4.90 Å². The Morgan fingerprint density at radius 1 is 0.860 bits per heavy atom. The first-order chi connectivity index (χ1) is 19.9. The van der Waals surface area contributed by atoms with Gasteiger partial charge < -0.3 is 9.64 Å².